The summed E-state index contributed by atoms with van der Waals surface area (Å²) in [6.45, 7) is 6.47. The second-order valence-corrected chi connectivity index (χ2v) is 4.67. The molecule has 1 aromatic carbocycles. The predicted molar refractivity (Wildman–Crippen MR) is 67.9 cm³/mol. The lowest BCUT2D eigenvalue weighted by Crippen LogP contribution is -1.90. The normalized spacial score (nSPS) is 11.1. The van der Waals surface area contributed by atoms with Crippen molar-refractivity contribution in [3.63, 3.8) is 0 Å². The number of nitrogens with zero attached hydrogens (tertiary/aromatic N) is 1. The molecule has 0 spiro atoms. The largest absolute Gasteiger partial charge is 0.329 e. The highest BCUT2D eigenvalue weighted by Crippen LogP contribution is 2.26. The fraction of sp³-hybridized carbons (Fsp3) is 0.308. The molecule has 2 aromatic rings. The highest BCUT2D eigenvalue weighted by atomic mass is 35.5. The molecular formula is C13H15ClN2. The molecular weight excluding hydrogens is 220 g/mol. The lowest BCUT2D eigenvalue weighted by atomic mass is 9.97. The molecule has 16 heavy (non-hydrogen) atoms. The lowest BCUT2D eigenvalue weighted by molar-refractivity contribution is 0.866. The van der Waals surface area contributed by atoms with Gasteiger partial charge in [0.2, 0.25) is 0 Å². The van der Waals surface area contributed by atoms with Gasteiger partial charge in [-0.25, -0.2) is 4.98 Å². The van der Waals surface area contributed by atoms with E-state index in [4.69, 9.17) is 11.6 Å². The molecule has 2 nitrogen and oxygen atoms in total. The van der Waals surface area contributed by atoms with E-state index in [9.17, 15) is 0 Å². The van der Waals surface area contributed by atoms with Gasteiger partial charge in [-0.1, -0.05) is 26.0 Å². The highest BCUT2D eigenvalue weighted by molar-refractivity contribution is 6.28. The van der Waals surface area contributed by atoms with Crippen molar-refractivity contribution in [3.8, 4) is 11.3 Å². The van der Waals surface area contributed by atoms with Crippen LogP contribution in [0.1, 0.15) is 30.9 Å². The first-order valence-corrected chi connectivity index (χ1v) is 5.77. The Morgan fingerprint density at radius 3 is 2.62 bits per heavy atom. The molecule has 1 aromatic heterocycles. The van der Waals surface area contributed by atoms with Gasteiger partial charge < -0.3 is 4.98 Å². The Morgan fingerprint density at radius 2 is 2.06 bits per heavy atom. The maximum absolute atomic E-state index is 5.80. The number of hydrogen-bond acceptors (Lipinski definition) is 1. The summed E-state index contributed by atoms with van der Waals surface area (Å²) in [6.07, 6.45) is 1.77. The molecule has 2 rings (SSSR count). The van der Waals surface area contributed by atoms with Crippen LogP contribution in [0.25, 0.3) is 11.3 Å². The second kappa shape index (κ2) is 4.30. The van der Waals surface area contributed by atoms with E-state index in [1.165, 1.54) is 16.7 Å². The number of halogens is 1. The number of H-pyrrole nitrogens is 1. The van der Waals surface area contributed by atoms with E-state index in [-0.39, 0.29) is 0 Å². The van der Waals surface area contributed by atoms with E-state index < -0.39 is 0 Å². The summed E-state index contributed by atoms with van der Waals surface area (Å²) in [4.78, 5) is 7.07. The van der Waals surface area contributed by atoms with Crippen LogP contribution in [0.2, 0.25) is 5.28 Å². The Balaban J connectivity index is 2.51. The molecule has 3 heteroatoms. The van der Waals surface area contributed by atoms with Crippen LogP contribution in [-0.2, 0) is 0 Å². The molecule has 0 aliphatic rings. The van der Waals surface area contributed by atoms with Crippen molar-refractivity contribution in [1.82, 2.24) is 9.97 Å². The molecule has 0 saturated carbocycles. The van der Waals surface area contributed by atoms with E-state index in [0.29, 0.717) is 11.2 Å². The molecule has 0 saturated heterocycles. The zero-order chi connectivity index (χ0) is 11.7. The van der Waals surface area contributed by atoms with Gasteiger partial charge in [-0.05, 0) is 41.6 Å². The summed E-state index contributed by atoms with van der Waals surface area (Å²) in [5, 5.41) is 0.435. The number of hydrogen-bond donors (Lipinski definition) is 1. The molecule has 0 unspecified atom stereocenters. The summed E-state index contributed by atoms with van der Waals surface area (Å²) in [5.74, 6) is 0.526. The minimum absolute atomic E-state index is 0.435. The van der Waals surface area contributed by atoms with E-state index in [1.807, 2.05) is 0 Å². The summed E-state index contributed by atoms with van der Waals surface area (Å²) in [7, 11) is 0. The quantitative estimate of drug-likeness (QED) is 0.831. The number of aromatic nitrogens is 2. The van der Waals surface area contributed by atoms with Gasteiger partial charge in [0.05, 0.1) is 11.9 Å². The van der Waals surface area contributed by atoms with Crippen LogP contribution >= 0.6 is 11.6 Å². The summed E-state index contributed by atoms with van der Waals surface area (Å²) in [5.41, 5.74) is 4.70. The van der Waals surface area contributed by atoms with Gasteiger partial charge in [0.1, 0.15) is 0 Å². The van der Waals surface area contributed by atoms with Crippen LogP contribution in [0.4, 0.5) is 0 Å². The number of rotatable bonds is 2. The van der Waals surface area contributed by atoms with Gasteiger partial charge in [0.15, 0.2) is 5.28 Å². The number of nitrogens with one attached hydrogen (secondary N) is 1. The van der Waals surface area contributed by atoms with Gasteiger partial charge in [0.25, 0.3) is 0 Å². The number of imidazole rings is 1. The Morgan fingerprint density at radius 1 is 1.31 bits per heavy atom. The fourth-order valence-electron chi connectivity index (χ4n) is 1.72. The Bertz CT molecular complexity index is 500. The van der Waals surface area contributed by atoms with Crippen molar-refractivity contribution < 1.29 is 0 Å². The first-order chi connectivity index (χ1) is 7.58. The summed E-state index contributed by atoms with van der Waals surface area (Å²) in [6, 6.07) is 6.50. The van der Waals surface area contributed by atoms with Crippen LogP contribution in [0.5, 0.6) is 0 Å². The average molecular weight is 235 g/mol. The summed E-state index contributed by atoms with van der Waals surface area (Å²) >= 11 is 5.80. The number of benzene rings is 1. The third-order valence-electron chi connectivity index (χ3n) is 2.76. The van der Waals surface area contributed by atoms with Gasteiger partial charge in [0, 0.05) is 5.56 Å². The smallest absolute Gasteiger partial charge is 0.200 e. The molecule has 1 N–H and O–H groups in total. The third kappa shape index (κ3) is 2.12. The molecule has 1 heterocycles. The molecule has 0 aliphatic carbocycles. The second-order valence-electron chi connectivity index (χ2n) is 4.32. The SMILES string of the molecule is Cc1ccc(C(C)C)cc1-c1cnc(Cl)[nH]1. The van der Waals surface area contributed by atoms with Crippen molar-refractivity contribution in [2.45, 2.75) is 26.7 Å². The first kappa shape index (κ1) is 11.2. The van der Waals surface area contributed by atoms with Crippen LogP contribution in [0.15, 0.2) is 24.4 Å². The minimum atomic E-state index is 0.435. The van der Waals surface area contributed by atoms with Crippen LogP contribution in [0, 0.1) is 6.92 Å². The van der Waals surface area contributed by atoms with Crippen molar-refractivity contribution >= 4 is 11.6 Å². The van der Waals surface area contributed by atoms with E-state index in [1.54, 1.807) is 6.20 Å². The van der Waals surface area contributed by atoms with Crippen LogP contribution in [0.3, 0.4) is 0 Å². The molecule has 0 bridgehead atoms. The van der Waals surface area contributed by atoms with Crippen molar-refractivity contribution in [1.29, 1.82) is 0 Å². The molecule has 0 radical (unpaired) electrons. The third-order valence-corrected chi connectivity index (χ3v) is 2.96. The van der Waals surface area contributed by atoms with E-state index >= 15 is 0 Å². The average Bonchev–Trinajstić information content (AvgIpc) is 2.65. The predicted octanol–water partition coefficient (Wildman–Crippen LogP) is 4.16. The topological polar surface area (TPSA) is 28.7 Å². The minimum Gasteiger partial charge on any atom is -0.329 e. The first-order valence-electron chi connectivity index (χ1n) is 5.39. The maximum Gasteiger partial charge on any atom is 0.200 e. The maximum atomic E-state index is 5.80. The zero-order valence-corrected chi connectivity index (χ0v) is 10.5. The molecule has 0 aliphatic heterocycles. The van der Waals surface area contributed by atoms with Crippen molar-refractivity contribution in [2.75, 3.05) is 0 Å². The standard InChI is InChI=1S/C13H15ClN2/c1-8(2)10-5-4-9(3)11(6-10)12-7-15-13(14)16-12/h4-8H,1-3H3,(H,15,16). The number of aromatic amines is 1. The van der Waals surface area contributed by atoms with E-state index in [2.05, 4.69) is 48.9 Å². The molecule has 0 amide bonds. The molecule has 0 fully saturated rings. The Kier molecular flexibility index (Phi) is 3.01. The van der Waals surface area contributed by atoms with Crippen molar-refractivity contribution in [3.05, 3.63) is 40.8 Å². The molecule has 84 valence electrons. The fourth-order valence-corrected chi connectivity index (χ4v) is 1.87. The summed E-state index contributed by atoms with van der Waals surface area (Å²) < 4.78 is 0. The van der Waals surface area contributed by atoms with Crippen LogP contribution < -0.4 is 0 Å². The Hall–Kier alpha value is -1.28. The molecule has 0 atom stereocenters. The van der Waals surface area contributed by atoms with Gasteiger partial charge in [-0.15, -0.1) is 0 Å². The zero-order valence-electron chi connectivity index (χ0n) is 9.71. The van der Waals surface area contributed by atoms with Gasteiger partial charge in [-0.2, -0.15) is 0 Å². The lowest BCUT2D eigenvalue weighted by Gasteiger charge is -2.09. The van der Waals surface area contributed by atoms with Gasteiger partial charge >= 0.3 is 0 Å². The number of aryl methyl sites for hydroxylation is 1. The van der Waals surface area contributed by atoms with Crippen molar-refractivity contribution in [2.24, 2.45) is 0 Å². The monoisotopic (exact) mass is 234 g/mol. The van der Waals surface area contributed by atoms with Crippen LogP contribution in [-0.4, -0.2) is 9.97 Å². The van der Waals surface area contributed by atoms with Gasteiger partial charge in [-0.3, -0.25) is 0 Å². The highest BCUT2D eigenvalue weighted by Gasteiger charge is 2.07. The Labute approximate surface area is 101 Å². The van der Waals surface area contributed by atoms with E-state index in [0.717, 1.165) is 5.69 Å².